The van der Waals surface area contributed by atoms with Gasteiger partial charge in [0.15, 0.2) is 0 Å². The molecule has 0 radical (unpaired) electrons. The predicted octanol–water partition coefficient (Wildman–Crippen LogP) is -0.0803. The molecular formula is C9H16N4O. The molecule has 0 amide bonds. The molecule has 5 heteroatoms. The van der Waals surface area contributed by atoms with E-state index in [0.717, 1.165) is 31.3 Å². The van der Waals surface area contributed by atoms with Gasteiger partial charge < -0.3 is 14.6 Å². The van der Waals surface area contributed by atoms with E-state index in [-0.39, 0.29) is 0 Å². The lowest BCUT2D eigenvalue weighted by molar-refractivity contribution is 0.184. The van der Waals surface area contributed by atoms with Crippen molar-refractivity contribution in [1.29, 1.82) is 0 Å². The fraction of sp³-hybridized carbons (Fsp3) is 0.778. The van der Waals surface area contributed by atoms with Gasteiger partial charge in [0.1, 0.15) is 11.6 Å². The van der Waals surface area contributed by atoms with E-state index in [1.54, 1.807) is 7.11 Å². The van der Waals surface area contributed by atoms with Crippen molar-refractivity contribution in [3.63, 3.8) is 0 Å². The number of ether oxygens (including phenoxy) is 1. The summed E-state index contributed by atoms with van der Waals surface area (Å²) in [4.78, 5) is 0. The van der Waals surface area contributed by atoms with Gasteiger partial charge in [-0.3, -0.25) is 0 Å². The Kier molecular flexibility index (Phi) is 2.79. The number of hydrogen-bond donors (Lipinski definition) is 1. The molecule has 0 bridgehead atoms. The molecule has 1 aromatic rings. The van der Waals surface area contributed by atoms with Crippen molar-refractivity contribution >= 4 is 0 Å². The van der Waals surface area contributed by atoms with Crippen molar-refractivity contribution in [3.8, 4) is 0 Å². The van der Waals surface area contributed by atoms with E-state index in [1.165, 1.54) is 0 Å². The van der Waals surface area contributed by atoms with Crippen molar-refractivity contribution in [3.05, 3.63) is 11.6 Å². The van der Waals surface area contributed by atoms with Gasteiger partial charge in [0, 0.05) is 32.7 Å². The van der Waals surface area contributed by atoms with E-state index in [0.29, 0.717) is 12.5 Å². The molecular weight excluding hydrogens is 180 g/mol. The Labute approximate surface area is 83.5 Å². The van der Waals surface area contributed by atoms with Crippen LogP contribution in [0, 0.1) is 6.92 Å². The number of aryl methyl sites for hydroxylation is 1. The quantitative estimate of drug-likeness (QED) is 0.732. The number of nitrogens with zero attached hydrogens (tertiary/aromatic N) is 3. The fourth-order valence-electron chi connectivity index (χ4n) is 1.63. The normalized spacial score (nSPS) is 17.0. The summed E-state index contributed by atoms with van der Waals surface area (Å²) in [6.45, 7) is 5.59. The first-order chi connectivity index (χ1) is 6.83. The van der Waals surface area contributed by atoms with Crippen LogP contribution in [0.15, 0.2) is 0 Å². The van der Waals surface area contributed by atoms with Crippen LogP contribution in [0.3, 0.4) is 0 Å². The fourth-order valence-corrected chi connectivity index (χ4v) is 1.63. The van der Waals surface area contributed by atoms with Crippen molar-refractivity contribution in [2.45, 2.75) is 19.4 Å². The molecule has 0 saturated carbocycles. The Morgan fingerprint density at radius 2 is 2.29 bits per heavy atom. The molecule has 78 valence electrons. The van der Waals surface area contributed by atoms with Gasteiger partial charge in [-0.25, -0.2) is 0 Å². The number of aromatic nitrogens is 3. The van der Waals surface area contributed by atoms with Crippen LogP contribution in [0.4, 0.5) is 0 Å². The molecule has 0 unspecified atom stereocenters. The molecule has 1 N–H and O–H groups in total. The minimum absolute atomic E-state index is 0.535. The Hall–Kier alpha value is -0.940. The maximum Gasteiger partial charge on any atom is 0.138 e. The molecule has 0 aromatic carbocycles. The standard InChI is InChI=1S/C9H16N4O/c1-7-11-12-9(8-5-10-6-8)13(7)3-4-14-2/h8,10H,3-6H2,1-2H3. The number of methoxy groups -OCH3 is 1. The molecule has 5 nitrogen and oxygen atoms in total. The zero-order valence-electron chi connectivity index (χ0n) is 8.66. The van der Waals surface area contributed by atoms with E-state index in [2.05, 4.69) is 20.1 Å². The van der Waals surface area contributed by atoms with Crippen LogP contribution in [0.2, 0.25) is 0 Å². The Morgan fingerprint density at radius 1 is 1.50 bits per heavy atom. The average Bonchev–Trinajstić information content (AvgIpc) is 2.42. The summed E-state index contributed by atoms with van der Waals surface area (Å²) in [5.41, 5.74) is 0. The summed E-state index contributed by atoms with van der Waals surface area (Å²) < 4.78 is 7.21. The summed E-state index contributed by atoms with van der Waals surface area (Å²) in [5, 5.41) is 11.5. The van der Waals surface area contributed by atoms with E-state index in [9.17, 15) is 0 Å². The van der Waals surface area contributed by atoms with E-state index >= 15 is 0 Å². The molecule has 0 atom stereocenters. The number of nitrogens with one attached hydrogen (secondary N) is 1. The van der Waals surface area contributed by atoms with Crippen LogP contribution in [0.5, 0.6) is 0 Å². The Morgan fingerprint density at radius 3 is 2.86 bits per heavy atom. The lowest BCUT2D eigenvalue weighted by Gasteiger charge is -2.26. The zero-order chi connectivity index (χ0) is 9.97. The van der Waals surface area contributed by atoms with Crippen LogP contribution in [0.25, 0.3) is 0 Å². The molecule has 14 heavy (non-hydrogen) atoms. The highest BCUT2D eigenvalue weighted by Gasteiger charge is 2.25. The second kappa shape index (κ2) is 4.06. The van der Waals surface area contributed by atoms with Crippen LogP contribution in [-0.4, -0.2) is 41.6 Å². The van der Waals surface area contributed by atoms with Gasteiger partial charge in [0.05, 0.1) is 6.61 Å². The van der Waals surface area contributed by atoms with Gasteiger partial charge in [-0.15, -0.1) is 10.2 Å². The molecule has 1 aliphatic rings. The van der Waals surface area contributed by atoms with E-state index in [1.807, 2.05) is 6.92 Å². The summed E-state index contributed by atoms with van der Waals surface area (Å²) in [7, 11) is 1.71. The monoisotopic (exact) mass is 196 g/mol. The highest BCUT2D eigenvalue weighted by atomic mass is 16.5. The first-order valence-corrected chi connectivity index (χ1v) is 4.92. The highest BCUT2D eigenvalue weighted by molar-refractivity contribution is 5.06. The predicted molar refractivity (Wildman–Crippen MR) is 52.2 cm³/mol. The van der Waals surface area contributed by atoms with Gasteiger partial charge in [-0.1, -0.05) is 0 Å². The molecule has 1 fully saturated rings. The third-order valence-electron chi connectivity index (χ3n) is 2.63. The lowest BCUT2D eigenvalue weighted by atomic mass is 10.0. The average molecular weight is 196 g/mol. The van der Waals surface area contributed by atoms with E-state index in [4.69, 9.17) is 4.74 Å². The van der Waals surface area contributed by atoms with Crippen LogP contribution in [0.1, 0.15) is 17.6 Å². The van der Waals surface area contributed by atoms with Crippen LogP contribution < -0.4 is 5.32 Å². The molecule has 2 heterocycles. The molecule has 0 spiro atoms. The Balaban J connectivity index is 2.12. The highest BCUT2D eigenvalue weighted by Crippen LogP contribution is 2.18. The molecule has 1 aliphatic heterocycles. The lowest BCUT2D eigenvalue weighted by Crippen LogP contribution is -2.41. The summed E-state index contributed by atoms with van der Waals surface area (Å²) in [5.74, 6) is 2.61. The van der Waals surface area contributed by atoms with Gasteiger partial charge in [0.2, 0.25) is 0 Å². The van der Waals surface area contributed by atoms with Gasteiger partial charge in [-0.05, 0) is 6.92 Å². The minimum atomic E-state index is 0.535. The first kappa shape index (κ1) is 9.61. The topological polar surface area (TPSA) is 52.0 Å². The largest absolute Gasteiger partial charge is 0.383 e. The molecule has 2 rings (SSSR count). The van der Waals surface area contributed by atoms with Gasteiger partial charge in [0.25, 0.3) is 0 Å². The van der Waals surface area contributed by atoms with Crippen LogP contribution >= 0.6 is 0 Å². The van der Waals surface area contributed by atoms with Gasteiger partial charge in [-0.2, -0.15) is 0 Å². The third-order valence-corrected chi connectivity index (χ3v) is 2.63. The number of hydrogen-bond acceptors (Lipinski definition) is 4. The minimum Gasteiger partial charge on any atom is -0.383 e. The van der Waals surface area contributed by atoms with Gasteiger partial charge >= 0.3 is 0 Å². The van der Waals surface area contributed by atoms with Crippen molar-refractivity contribution < 1.29 is 4.74 Å². The second-order valence-electron chi connectivity index (χ2n) is 3.61. The Bertz CT molecular complexity index is 306. The van der Waals surface area contributed by atoms with Crippen molar-refractivity contribution in [2.75, 3.05) is 26.8 Å². The van der Waals surface area contributed by atoms with Crippen molar-refractivity contribution in [2.24, 2.45) is 0 Å². The van der Waals surface area contributed by atoms with Crippen LogP contribution in [-0.2, 0) is 11.3 Å². The molecule has 1 saturated heterocycles. The second-order valence-corrected chi connectivity index (χ2v) is 3.61. The first-order valence-electron chi connectivity index (χ1n) is 4.92. The summed E-state index contributed by atoms with van der Waals surface area (Å²) in [6.07, 6.45) is 0. The van der Waals surface area contributed by atoms with E-state index < -0.39 is 0 Å². The maximum atomic E-state index is 5.06. The summed E-state index contributed by atoms with van der Waals surface area (Å²) >= 11 is 0. The zero-order valence-corrected chi connectivity index (χ0v) is 8.66. The molecule has 1 aromatic heterocycles. The third kappa shape index (κ3) is 1.65. The molecule has 0 aliphatic carbocycles. The number of rotatable bonds is 4. The smallest absolute Gasteiger partial charge is 0.138 e. The van der Waals surface area contributed by atoms with Crippen molar-refractivity contribution in [1.82, 2.24) is 20.1 Å². The maximum absolute atomic E-state index is 5.06. The summed E-state index contributed by atoms with van der Waals surface area (Å²) in [6, 6.07) is 0. The SMILES string of the molecule is COCCn1c(C)nnc1C1CNC1.